The van der Waals surface area contributed by atoms with Gasteiger partial charge in [-0.25, -0.2) is 13.2 Å². The molecule has 2 aromatic rings. The minimum Gasteiger partial charge on any atom is -0.481 e. The maximum absolute atomic E-state index is 13.4. The first-order valence-electron chi connectivity index (χ1n) is 6.15. The molecule has 0 heterocycles. The summed E-state index contributed by atoms with van der Waals surface area (Å²) in [4.78, 5) is 11.8. The van der Waals surface area contributed by atoms with Gasteiger partial charge in [0.25, 0.3) is 5.91 Å². The molecule has 0 aliphatic rings. The highest BCUT2D eigenvalue weighted by atomic mass is 19.2. The lowest BCUT2D eigenvalue weighted by atomic mass is 10.2. The van der Waals surface area contributed by atoms with E-state index in [4.69, 9.17) is 4.74 Å². The number of nitrogens with one attached hydrogen (secondary N) is 1. The summed E-state index contributed by atoms with van der Waals surface area (Å²) >= 11 is 0. The van der Waals surface area contributed by atoms with Gasteiger partial charge in [-0.1, -0.05) is 18.2 Å². The van der Waals surface area contributed by atoms with Gasteiger partial charge in [0.15, 0.2) is 23.6 Å². The molecule has 1 N–H and O–H groups in total. The third-order valence-electron chi connectivity index (χ3n) is 2.72. The Morgan fingerprint density at radius 2 is 1.71 bits per heavy atom. The van der Waals surface area contributed by atoms with E-state index >= 15 is 0 Å². The van der Waals surface area contributed by atoms with Crippen molar-refractivity contribution in [1.29, 1.82) is 0 Å². The van der Waals surface area contributed by atoms with E-state index < -0.39 is 35.2 Å². The second-order valence-electron chi connectivity index (χ2n) is 4.29. The fourth-order valence-corrected chi connectivity index (χ4v) is 1.61. The van der Waals surface area contributed by atoms with Crippen molar-refractivity contribution in [3.63, 3.8) is 0 Å². The summed E-state index contributed by atoms with van der Waals surface area (Å²) in [7, 11) is 0. The Bertz CT molecular complexity index is 647. The zero-order valence-electron chi connectivity index (χ0n) is 11.1. The van der Waals surface area contributed by atoms with Crippen LogP contribution in [0.15, 0.2) is 42.5 Å². The highest BCUT2D eigenvalue weighted by Crippen LogP contribution is 2.20. The van der Waals surface area contributed by atoms with Crippen LogP contribution < -0.4 is 10.1 Å². The fourth-order valence-electron chi connectivity index (χ4n) is 1.61. The van der Waals surface area contributed by atoms with Crippen molar-refractivity contribution in [2.24, 2.45) is 0 Å². The summed E-state index contributed by atoms with van der Waals surface area (Å²) in [6.07, 6.45) is -0.931. The van der Waals surface area contributed by atoms with Crippen molar-refractivity contribution in [2.45, 2.75) is 13.0 Å². The number of halogens is 3. The number of benzene rings is 2. The Balaban J connectivity index is 2.06. The summed E-state index contributed by atoms with van der Waals surface area (Å²) < 4.78 is 44.6. The summed E-state index contributed by atoms with van der Waals surface area (Å²) in [5.41, 5.74) is -0.442. The molecule has 0 unspecified atom stereocenters. The molecule has 0 fully saturated rings. The van der Waals surface area contributed by atoms with Crippen molar-refractivity contribution < 1.29 is 22.7 Å². The highest BCUT2D eigenvalue weighted by Gasteiger charge is 2.19. The van der Waals surface area contributed by atoms with Crippen LogP contribution in [0.4, 0.5) is 18.9 Å². The number of anilines is 1. The van der Waals surface area contributed by atoms with Crippen molar-refractivity contribution >= 4 is 11.6 Å². The van der Waals surface area contributed by atoms with E-state index in [2.05, 4.69) is 5.32 Å². The molecule has 2 aromatic carbocycles. The molecule has 6 heteroatoms. The first kappa shape index (κ1) is 14.9. The first-order valence-corrected chi connectivity index (χ1v) is 6.15. The van der Waals surface area contributed by atoms with Crippen LogP contribution in [0, 0.1) is 17.5 Å². The summed E-state index contributed by atoms with van der Waals surface area (Å²) in [6.45, 7) is 1.46. The molecule has 0 spiro atoms. The Hall–Kier alpha value is -2.50. The fraction of sp³-hybridized carbons (Fsp3) is 0.133. The number of hydrogen-bond acceptors (Lipinski definition) is 2. The molecule has 0 saturated carbocycles. The number of carbonyl (C=O) groups is 1. The lowest BCUT2D eigenvalue weighted by Gasteiger charge is -2.15. The Morgan fingerprint density at radius 1 is 1.05 bits per heavy atom. The minimum absolute atomic E-state index is 0.442. The van der Waals surface area contributed by atoms with Gasteiger partial charge in [-0.3, -0.25) is 4.79 Å². The van der Waals surface area contributed by atoms with Gasteiger partial charge < -0.3 is 10.1 Å². The van der Waals surface area contributed by atoms with Gasteiger partial charge in [-0.05, 0) is 31.2 Å². The molecule has 2 rings (SSSR count). The van der Waals surface area contributed by atoms with Crippen molar-refractivity contribution in [3.05, 3.63) is 59.9 Å². The lowest BCUT2D eigenvalue weighted by Crippen LogP contribution is -2.30. The van der Waals surface area contributed by atoms with Gasteiger partial charge >= 0.3 is 0 Å². The van der Waals surface area contributed by atoms with Gasteiger partial charge in [-0.2, -0.15) is 0 Å². The second-order valence-corrected chi connectivity index (χ2v) is 4.29. The molecule has 1 atom stereocenters. The van der Waals surface area contributed by atoms with Crippen LogP contribution in [0.5, 0.6) is 5.75 Å². The van der Waals surface area contributed by atoms with Crippen molar-refractivity contribution in [3.8, 4) is 5.75 Å². The Kier molecular flexibility index (Phi) is 4.47. The van der Waals surface area contributed by atoms with Crippen LogP contribution >= 0.6 is 0 Å². The highest BCUT2D eigenvalue weighted by molar-refractivity contribution is 5.94. The summed E-state index contributed by atoms with van der Waals surface area (Å²) in [5, 5.41) is 2.15. The molecule has 0 aliphatic heterocycles. The number of rotatable bonds is 4. The van der Waals surface area contributed by atoms with Crippen molar-refractivity contribution in [1.82, 2.24) is 0 Å². The maximum atomic E-state index is 13.4. The van der Waals surface area contributed by atoms with Gasteiger partial charge in [0.05, 0.1) is 5.69 Å². The Labute approximate surface area is 119 Å². The number of amides is 1. The second kappa shape index (κ2) is 6.30. The molecular weight excluding hydrogens is 283 g/mol. The molecule has 0 aromatic heterocycles. The van der Waals surface area contributed by atoms with E-state index in [1.165, 1.54) is 6.92 Å². The predicted molar refractivity (Wildman–Crippen MR) is 71.5 cm³/mol. The molecule has 0 aliphatic carbocycles. The normalized spacial score (nSPS) is 11.8. The van der Waals surface area contributed by atoms with Gasteiger partial charge in [-0.15, -0.1) is 0 Å². The molecule has 3 nitrogen and oxygen atoms in total. The average Bonchev–Trinajstić information content (AvgIpc) is 2.48. The third kappa shape index (κ3) is 3.53. The van der Waals surface area contributed by atoms with E-state index in [9.17, 15) is 18.0 Å². The largest absolute Gasteiger partial charge is 0.481 e. The molecule has 0 radical (unpaired) electrons. The van der Waals surface area contributed by atoms with E-state index in [1.54, 1.807) is 30.3 Å². The standard InChI is InChI=1S/C15H12F3NO2/c1-9(21-10-5-3-2-4-6-10)15(20)19-12-8-7-11(16)13(17)14(12)18/h2-9H,1H3,(H,19,20)/t9-/m0/s1. The maximum Gasteiger partial charge on any atom is 0.265 e. The smallest absolute Gasteiger partial charge is 0.265 e. The topological polar surface area (TPSA) is 38.3 Å². The molecule has 0 saturated heterocycles. The molecule has 0 bridgehead atoms. The number of carbonyl (C=O) groups excluding carboxylic acids is 1. The monoisotopic (exact) mass is 295 g/mol. The zero-order chi connectivity index (χ0) is 15.4. The summed E-state index contributed by atoms with van der Waals surface area (Å²) in [6, 6.07) is 10.2. The van der Waals surface area contributed by atoms with Crippen LogP contribution in [0.1, 0.15) is 6.92 Å². The van der Waals surface area contributed by atoms with E-state index in [0.29, 0.717) is 5.75 Å². The SMILES string of the molecule is C[C@H](Oc1ccccc1)C(=O)Nc1ccc(F)c(F)c1F. The van der Waals surface area contributed by atoms with Crippen LogP contribution in [-0.2, 0) is 4.79 Å². The number of ether oxygens (including phenoxy) is 1. The number of hydrogen-bond donors (Lipinski definition) is 1. The van der Waals surface area contributed by atoms with Gasteiger partial charge in [0.2, 0.25) is 0 Å². The molecule has 110 valence electrons. The number of para-hydroxylation sites is 1. The van der Waals surface area contributed by atoms with Crippen LogP contribution in [-0.4, -0.2) is 12.0 Å². The summed E-state index contributed by atoms with van der Waals surface area (Å²) in [5.74, 6) is -4.62. The van der Waals surface area contributed by atoms with Gasteiger partial charge in [0.1, 0.15) is 5.75 Å². The average molecular weight is 295 g/mol. The van der Waals surface area contributed by atoms with Crippen LogP contribution in [0.25, 0.3) is 0 Å². The first-order chi connectivity index (χ1) is 9.99. The molecular formula is C15H12F3NO2. The third-order valence-corrected chi connectivity index (χ3v) is 2.72. The molecule has 21 heavy (non-hydrogen) atoms. The minimum atomic E-state index is -1.63. The van der Waals surface area contributed by atoms with Crippen molar-refractivity contribution in [2.75, 3.05) is 5.32 Å². The quantitative estimate of drug-likeness (QED) is 0.877. The van der Waals surface area contributed by atoms with E-state index in [0.717, 1.165) is 12.1 Å². The van der Waals surface area contributed by atoms with E-state index in [1.807, 2.05) is 0 Å². The van der Waals surface area contributed by atoms with Gasteiger partial charge in [0, 0.05) is 0 Å². The predicted octanol–water partition coefficient (Wildman–Crippen LogP) is 3.51. The van der Waals surface area contributed by atoms with Crippen LogP contribution in [0.3, 0.4) is 0 Å². The van der Waals surface area contributed by atoms with E-state index in [-0.39, 0.29) is 0 Å². The van der Waals surface area contributed by atoms with Crippen LogP contribution in [0.2, 0.25) is 0 Å². The molecule has 1 amide bonds. The Morgan fingerprint density at radius 3 is 2.38 bits per heavy atom. The zero-order valence-corrected chi connectivity index (χ0v) is 11.1. The lowest BCUT2D eigenvalue weighted by molar-refractivity contribution is -0.122.